The van der Waals surface area contributed by atoms with Gasteiger partial charge in [-0.2, -0.15) is 16.1 Å². The monoisotopic (exact) mass is 285 g/mol. The summed E-state index contributed by atoms with van der Waals surface area (Å²) in [4.78, 5) is 0. The first-order valence-corrected chi connectivity index (χ1v) is 8.94. The fourth-order valence-corrected chi connectivity index (χ4v) is 4.88. The van der Waals surface area contributed by atoms with E-state index in [2.05, 4.69) is 6.92 Å². The Hall–Kier alpha value is 0.550. The van der Waals surface area contributed by atoms with Crippen molar-refractivity contribution in [1.82, 2.24) is 4.31 Å². The molecule has 16 heavy (non-hydrogen) atoms. The summed E-state index contributed by atoms with van der Waals surface area (Å²) in [6, 6.07) is 0. The summed E-state index contributed by atoms with van der Waals surface area (Å²) in [6.45, 7) is 3.47. The number of alkyl halides is 1. The topological polar surface area (TPSA) is 37.4 Å². The van der Waals surface area contributed by atoms with Crippen molar-refractivity contribution >= 4 is 33.4 Å². The van der Waals surface area contributed by atoms with Crippen molar-refractivity contribution < 1.29 is 8.42 Å². The van der Waals surface area contributed by atoms with Crippen LogP contribution in [0.4, 0.5) is 0 Å². The van der Waals surface area contributed by atoms with E-state index in [4.69, 9.17) is 11.6 Å². The molecule has 0 saturated carbocycles. The molecule has 1 heterocycles. The summed E-state index contributed by atoms with van der Waals surface area (Å²) in [5, 5.41) is 0.469. The van der Waals surface area contributed by atoms with Gasteiger partial charge in [0, 0.05) is 30.0 Å². The Kier molecular flexibility index (Phi) is 6.47. The summed E-state index contributed by atoms with van der Waals surface area (Å²) in [5.74, 6) is 1.72. The molecule has 0 aromatic rings. The molecule has 0 spiro atoms. The molecule has 0 amide bonds. The van der Waals surface area contributed by atoms with Gasteiger partial charge in [-0.05, 0) is 19.3 Å². The number of hydrogen-bond donors (Lipinski definition) is 0. The van der Waals surface area contributed by atoms with Crippen molar-refractivity contribution in [2.75, 3.05) is 30.5 Å². The number of hydrogen-bond acceptors (Lipinski definition) is 3. The molecule has 1 aliphatic heterocycles. The van der Waals surface area contributed by atoms with Gasteiger partial charge in [0.15, 0.2) is 0 Å². The largest absolute Gasteiger partial charge is 0.214 e. The van der Waals surface area contributed by atoms with Gasteiger partial charge >= 0.3 is 0 Å². The molecule has 1 atom stereocenters. The highest BCUT2D eigenvalue weighted by molar-refractivity contribution is 8.00. The Morgan fingerprint density at radius 3 is 2.81 bits per heavy atom. The van der Waals surface area contributed by atoms with Crippen molar-refractivity contribution in [3.63, 3.8) is 0 Å². The molecule has 96 valence electrons. The molecule has 6 heteroatoms. The van der Waals surface area contributed by atoms with Crippen LogP contribution in [0.15, 0.2) is 0 Å². The maximum atomic E-state index is 12.0. The third-order valence-electron chi connectivity index (χ3n) is 2.74. The zero-order chi connectivity index (χ0) is 12.0. The van der Waals surface area contributed by atoms with Crippen molar-refractivity contribution in [1.29, 1.82) is 0 Å². The number of rotatable bonds is 6. The second kappa shape index (κ2) is 7.09. The summed E-state index contributed by atoms with van der Waals surface area (Å²) in [7, 11) is -3.04. The fourth-order valence-electron chi connectivity index (χ4n) is 1.70. The average Bonchev–Trinajstić information content (AvgIpc) is 2.29. The standard InChI is InChI=1S/C10H20ClNO2S2/c1-2-10-9-12(6-7-15-10)16(13,14)8-4-3-5-11/h10H,2-9H2,1H3. The Morgan fingerprint density at radius 2 is 2.19 bits per heavy atom. The summed E-state index contributed by atoms with van der Waals surface area (Å²) in [5.41, 5.74) is 0. The van der Waals surface area contributed by atoms with Crippen molar-refractivity contribution in [3.05, 3.63) is 0 Å². The van der Waals surface area contributed by atoms with Gasteiger partial charge in [0.05, 0.1) is 5.75 Å². The molecule has 1 rings (SSSR count). The first-order valence-electron chi connectivity index (χ1n) is 5.75. The van der Waals surface area contributed by atoms with E-state index in [1.165, 1.54) is 0 Å². The molecule has 0 aliphatic carbocycles. The van der Waals surface area contributed by atoms with Crippen LogP contribution in [0, 0.1) is 0 Å². The van der Waals surface area contributed by atoms with Crippen molar-refractivity contribution in [2.45, 2.75) is 31.4 Å². The molecule has 0 bridgehead atoms. The second-order valence-electron chi connectivity index (χ2n) is 3.97. The Balaban J connectivity index is 2.47. The molecule has 3 nitrogen and oxygen atoms in total. The number of halogens is 1. The molecule has 0 aromatic heterocycles. The van der Waals surface area contributed by atoms with E-state index >= 15 is 0 Å². The van der Waals surface area contributed by atoms with E-state index in [1.807, 2.05) is 11.8 Å². The maximum Gasteiger partial charge on any atom is 0.214 e. The third kappa shape index (κ3) is 4.43. The molecular weight excluding hydrogens is 266 g/mol. The molecule has 1 unspecified atom stereocenters. The predicted molar refractivity (Wildman–Crippen MR) is 71.9 cm³/mol. The molecule has 0 N–H and O–H groups in total. The molecule has 0 aromatic carbocycles. The molecule has 0 radical (unpaired) electrons. The van der Waals surface area contributed by atoms with Crippen molar-refractivity contribution in [2.24, 2.45) is 0 Å². The van der Waals surface area contributed by atoms with Gasteiger partial charge in [0.25, 0.3) is 0 Å². The number of unbranched alkanes of at least 4 members (excludes halogenated alkanes) is 1. The zero-order valence-electron chi connectivity index (χ0n) is 9.69. The van der Waals surface area contributed by atoms with E-state index in [9.17, 15) is 8.42 Å². The minimum Gasteiger partial charge on any atom is -0.212 e. The minimum absolute atomic E-state index is 0.251. The van der Waals surface area contributed by atoms with Gasteiger partial charge in [0.2, 0.25) is 10.0 Å². The first kappa shape index (κ1) is 14.6. The number of nitrogens with zero attached hydrogens (tertiary/aromatic N) is 1. The summed E-state index contributed by atoms with van der Waals surface area (Å²) < 4.78 is 25.6. The molecule has 1 saturated heterocycles. The lowest BCUT2D eigenvalue weighted by atomic mass is 10.3. The predicted octanol–water partition coefficient (Wildman–Crippen LogP) is 2.16. The smallest absolute Gasteiger partial charge is 0.212 e. The van der Waals surface area contributed by atoms with Crippen LogP contribution in [-0.2, 0) is 10.0 Å². The third-order valence-corrected chi connectivity index (χ3v) is 6.30. The van der Waals surface area contributed by atoms with Crippen LogP contribution < -0.4 is 0 Å². The van der Waals surface area contributed by atoms with Crippen LogP contribution in [-0.4, -0.2) is 48.4 Å². The second-order valence-corrected chi connectivity index (χ2v) is 7.85. The van der Waals surface area contributed by atoms with E-state index in [0.717, 1.165) is 18.6 Å². The lowest BCUT2D eigenvalue weighted by Crippen LogP contribution is -2.42. The van der Waals surface area contributed by atoms with E-state index < -0.39 is 10.0 Å². The number of thioether (sulfide) groups is 1. The lowest BCUT2D eigenvalue weighted by molar-refractivity contribution is 0.415. The summed E-state index contributed by atoms with van der Waals surface area (Å²) in [6.07, 6.45) is 2.49. The van der Waals surface area contributed by atoms with Crippen LogP contribution in [0.3, 0.4) is 0 Å². The minimum atomic E-state index is -3.04. The summed E-state index contributed by atoms with van der Waals surface area (Å²) >= 11 is 7.43. The maximum absolute atomic E-state index is 12.0. The van der Waals surface area contributed by atoms with Gasteiger partial charge in [-0.15, -0.1) is 11.6 Å². The van der Waals surface area contributed by atoms with Gasteiger partial charge < -0.3 is 0 Å². The van der Waals surface area contributed by atoms with Crippen LogP contribution in [0.25, 0.3) is 0 Å². The van der Waals surface area contributed by atoms with E-state index in [0.29, 0.717) is 30.6 Å². The van der Waals surface area contributed by atoms with Crippen LogP contribution in [0.5, 0.6) is 0 Å². The van der Waals surface area contributed by atoms with Gasteiger partial charge in [-0.1, -0.05) is 6.92 Å². The van der Waals surface area contributed by atoms with Crippen molar-refractivity contribution in [3.8, 4) is 0 Å². The fraction of sp³-hybridized carbons (Fsp3) is 1.00. The first-order chi connectivity index (χ1) is 7.60. The highest BCUT2D eigenvalue weighted by atomic mass is 35.5. The van der Waals surface area contributed by atoms with E-state index in [-0.39, 0.29) is 5.75 Å². The van der Waals surface area contributed by atoms with E-state index in [1.54, 1.807) is 4.31 Å². The molecular formula is C10H20ClNO2S2. The zero-order valence-corrected chi connectivity index (χ0v) is 12.1. The highest BCUT2D eigenvalue weighted by Crippen LogP contribution is 2.23. The van der Waals surface area contributed by atoms with Crippen LogP contribution in [0.2, 0.25) is 0 Å². The van der Waals surface area contributed by atoms with Gasteiger partial charge in [0.1, 0.15) is 0 Å². The van der Waals surface area contributed by atoms with Gasteiger partial charge in [-0.3, -0.25) is 0 Å². The van der Waals surface area contributed by atoms with Crippen LogP contribution in [0.1, 0.15) is 26.2 Å². The highest BCUT2D eigenvalue weighted by Gasteiger charge is 2.27. The molecule has 1 fully saturated rings. The lowest BCUT2D eigenvalue weighted by Gasteiger charge is -2.31. The Labute approximate surface area is 108 Å². The van der Waals surface area contributed by atoms with Crippen LogP contribution >= 0.6 is 23.4 Å². The average molecular weight is 286 g/mol. The number of sulfonamides is 1. The van der Waals surface area contributed by atoms with Gasteiger partial charge in [-0.25, -0.2) is 8.42 Å². The molecule has 1 aliphatic rings. The Bertz CT molecular complexity index is 295. The quantitative estimate of drug-likeness (QED) is 0.554. The SMILES string of the molecule is CCC1CN(S(=O)(=O)CCCCCl)CCS1. The normalized spacial score (nSPS) is 23.5. The Morgan fingerprint density at radius 1 is 1.44 bits per heavy atom.